The molecule has 0 aliphatic heterocycles. The van der Waals surface area contributed by atoms with Crippen molar-refractivity contribution >= 4 is 54.0 Å². The molecule has 2 N–H and O–H groups in total. The standard InChI is InChI=1S/C14H10Br2N2S/c15-12-5-10(14(16)19-12)13(17)11-7-18-6-8-3-1-2-4-9(8)11/h1-7,13H,17H2. The molecule has 3 aromatic rings. The lowest BCUT2D eigenvalue weighted by Gasteiger charge is -2.13. The van der Waals surface area contributed by atoms with Gasteiger partial charge in [0, 0.05) is 17.8 Å². The maximum absolute atomic E-state index is 6.41. The van der Waals surface area contributed by atoms with Crippen molar-refractivity contribution in [3.63, 3.8) is 0 Å². The summed E-state index contributed by atoms with van der Waals surface area (Å²) >= 11 is 8.69. The second kappa shape index (κ2) is 5.32. The maximum atomic E-state index is 6.41. The smallest absolute Gasteiger partial charge is 0.0761 e. The molecule has 5 heteroatoms. The van der Waals surface area contributed by atoms with Gasteiger partial charge in [-0.1, -0.05) is 24.3 Å². The number of benzene rings is 1. The van der Waals surface area contributed by atoms with Crippen molar-refractivity contribution in [3.8, 4) is 0 Å². The van der Waals surface area contributed by atoms with Crippen LogP contribution in [0.3, 0.4) is 0 Å². The SMILES string of the molecule is NC(c1cc(Br)sc1Br)c1cncc2ccccc12. The highest BCUT2D eigenvalue weighted by Crippen LogP contribution is 2.38. The fraction of sp³-hybridized carbons (Fsp3) is 0.0714. The molecule has 0 amide bonds. The highest BCUT2D eigenvalue weighted by atomic mass is 79.9. The number of halogens is 2. The number of rotatable bonds is 2. The van der Waals surface area contributed by atoms with E-state index in [1.54, 1.807) is 11.3 Å². The summed E-state index contributed by atoms with van der Waals surface area (Å²) in [5.74, 6) is 0. The van der Waals surface area contributed by atoms with Crippen molar-refractivity contribution in [1.82, 2.24) is 4.98 Å². The van der Waals surface area contributed by atoms with Crippen molar-refractivity contribution in [2.75, 3.05) is 0 Å². The highest BCUT2D eigenvalue weighted by molar-refractivity contribution is 9.12. The molecule has 19 heavy (non-hydrogen) atoms. The van der Waals surface area contributed by atoms with E-state index >= 15 is 0 Å². The molecule has 1 atom stereocenters. The molecule has 96 valence electrons. The summed E-state index contributed by atoms with van der Waals surface area (Å²) in [6.45, 7) is 0. The van der Waals surface area contributed by atoms with Crippen LogP contribution in [0.15, 0.2) is 50.3 Å². The van der Waals surface area contributed by atoms with Gasteiger partial charge in [-0.15, -0.1) is 11.3 Å². The van der Waals surface area contributed by atoms with Gasteiger partial charge in [0.15, 0.2) is 0 Å². The lowest BCUT2D eigenvalue weighted by atomic mass is 9.98. The predicted octanol–water partition coefficient (Wildman–Crippen LogP) is 4.87. The molecule has 0 radical (unpaired) electrons. The third-order valence-electron chi connectivity index (χ3n) is 3.05. The van der Waals surface area contributed by atoms with E-state index in [-0.39, 0.29) is 6.04 Å². The average molecular weight is 398 g/mol. The normalized spacial score (nSPS) is 12.8. The number of fused-ring (bicyclic) bond motifs is 1. The Morgan fingerprint density at radius 3 is 2.63 bits per heavy atom. The van der Waals surface area contributed by atoms with E-state index in [0.29, 0.717) is 0 Å². The number of pyridine rings is 1. The molecule has 2 aromatic heterocycles. The second-order valence-electron chi connectivity index (χ2n) is 4.21. The fourth-order valence-corrected chi connectivity index (χ4v) is 5.05. The molecule has 0 aliphatic carbocycles. The van der Waals surface area contributed by atoms with Crippen LogP contribution in [-0.2, 0) is 0 Å². The van der Waals surface area contributed by atoms with Crippen LogP contribution in [0.2, 0.25) is 0 Å². The van der Waals surface area contributed by atoms with Crippen LogP contribution in [-0.4, -0.2) is 4.98 Å². The number of hydrogen-bond donors (Lipinski definition) is 1. The van der Waals surface area contributed by atoms with Gasteiger partial charge in [0.1, 0.15) is 0 Å². The molecule has 1 unspecified atom stereocenters. The quantitative estimate of drug-likeness (QED) is 0.669. The van der Waals surface area contributed by atoms with Crippen LogP contribution in [0.25, 0.3) is 10.8 Å². The molecule has 0 spiro atoms. The highest BCUT2D eigenvalue weighted by Gasteiger charge is 2.17. The number of thiophene rings is 1. The Labute approximate surface area is 131 Å². The Bertz CT molecular complexity index is 734. The van der Waals surface area contributed by atoms with Gasteiger partial charge in [-0.05, 0) is 54.4 Å². The molecule has 2 heterocycles. The topological polar surface area (TPSA) is 38.9 Å². The maximum Gasteiger partial charge on any atom is 0.0761 e. The van der Waals surface area contributed by atoms with Crippen LogP contribution < -0.4 is 5.73 Å². The van der Waals surface area contributed by atoms with Gasteiger partial charge < -0.3 is 5.73 Å². The van der Waals surface area contributed by atoms with Crippen molar-refractivity contribution in [1.29, 1.82) is 0 Å². The molecule has 3 rings (SSSR count). The van der Waals surface area contributed by atoms with Gasteiger partial charge in [-0.2, -0.15) is 0 Å². The van der Waals surface area contributed by atoms with E-state index < -0.39 is 0 Å². The van der Waals surface area contributed by atoms with Gasteiger partial charge in [-0.25, -0.2) is 0 Å². The first-order chi connectivity index (χ1) is 9.16. The average Bonchev–Trinajstić information content (AvgIpc) is 2.76. The van der Waals surface area contributed by atoms with E-state index in [4.69, 9.17) is 5.73 Å². The van der Waals surface area contributed by atoms with E-state index in [1.165, 1.54) is 0 Å². The molecule has 0 saturated carbocycles. The molecule has 2 nitrogen and oxygen atoms in total. The molecule has 0 aliphatic rings. The minimum Gasteiger partial charge on any atom is -0.320 e. The van der Waals surface area contributed by atoms with Crippen LogP contribution in [0.1, 0.15) is 17.2 Å². The Hall–Kier alpha value is -0.750. The third-order valence-corrected chi connectivity index (χ3v) is 5.44. The van der Waals surface area contributed by atoms with Gasteiger partial charge >= 0.3 is 0 Å². The van der Waals surface area contributed by atoms with E-state index in [2.05, 4.69) is 55.0 Å². The number of hydrogen-bond acceptors (Lipinski definition) is 3. The van der Waals surface area contributed by atoms with Gasteiger partial charge in [-0.3, -0.25) is 4.98 Å². The van der Waals surface area contributed by atoms with Gasteiger partial charge in [0.2, 0.25) is 0 Å². The van der Waals surface area contributed by atoms with Gasteiger partial charge in [0.25, 0.3) is 0 Å². The van der Waals surface area contributed by atoms with Crippen LogP contribution >= 0.6 is 43.2 Å². The molecule has 0 fully saturated rings. The Kier molecular flexibility index (Phi) is 3.71. The van der Waals surface area contributed by atoms with E-state index in [9.17, 15) is 0 Å². The van der Waals surface area contributed by atoms with Gasteiger partial charge in [0.05, 0.1) is 13.6 Å². The molecule has 0 bridgehead atoms. The minimum atomic E-state index is -0.185. The van der Waals surface area contributed by atoms with E-state index in [0.717, 1.165) is 29.5 Å². The summed E-state index contributed by atoms with van der Waals surface area (Å²) in [4.78, 5) is 4.29. The van der Waals surface area contributed by atoms with Crippen LogP contribution in [0.5, 0.6) is 0 Å². The molecular formula is C14H10Br2N2S. The number of aromatic nitrogens is 1. The minimum absolute atomic E-state index is 0.185. The summed E-state index contributed by atoms with van der Waals surface area (Å²) in [7, 11) is 0. The first-order valence-electron chi connectivity index (χ1n) is 5.70. The first-order valence-corrected chi connectivity index (χ1v) is 8.10. The lowest BCUT2D eigenvalue weighted by Crippen LogP contribution is -2.12. The first kappa shape index (κ1) is 13.2. The van der Waals surface area contributed by atoms with Crippen molar-refractivity contribution < 1.29 is 0 Å². The Morgan fingerprint density at radius 2 is 1.89 bits per heavy atom. The molecule has 0 saturated heterocycles. The monoisotopic (exact) mass is 396 g/mol. The summed E-state index contributed by atoms with van der Waals surface area (Å²) in [5.41, 5.74) is 8.54. The predicted molar refractivity (Wildman–Crippen MR) is 87.5 cm³/mol. The van der Waals surface area contributed by atoms with Crippen LogP contribution in [0.4, 0.5) is 0 Å². The zero-order chi connectivity index (χ0) is 13.4. The third kappa shape index (κ3) is 2.48. The fourth-order valence-electron chi connectivity index (χ4n) is 2.12. The zero-order valence-electron chi connectivity index (χ0n) is 9.81. The summed E-state index contributed by atoms with van der Waals surface area (Å²) in [5, 5.41) is 2.26. The van der Waals surface area contributed by atoms with Crippen LogP contribution in [0, 0.1) is 0 Å². The van der Waals surface area contributed by atoms with Crippen molar-refractivity contribution in [2.24, 2.45) is 5.73 Å². The summed E-state index contributed by atoms with van der Waals surface area (Å²) in [6.07, 6.45) is 3.72. The Balaban J connectivity index is 2.16. The summed E-state index contributed by atoms with van der Waals surface area (Å²) in [6, 6.07) is 10.0. The number of nitrogens with two attached hydrogens (primary N) is 1. The number of nitrogens with zero attached hydrogens (tertiary/aromatic N) is 1. The molecular weight excluding hydrogens is 388 g/mol. The second-order valence-corrected chi connectivity index (χ2v) is 7.96. The Morgan fingerprint density at radius 1 is 1.11 bits per heavy atom. The summed E-state index contributed by atoms with van der Waals surface area (Å²) < 4.78 is 2.12. The van der Waals surface area contributed by atoms with E-state index in [1.807, 2.05) is 24.5 Å². The zero-order valence-corrected chi connectivity index (χ0v) is 13.8. The van der Waals surface area contributed by atoms with Crippen molar-refractivity contribution in [3.05, 3.63) is 61.4 Å². The van der Waals surface area contributed by atoms with Crippen molar-refractivity contribution in [2.45, 2.75) is 6.04 Å². The lowest BCUT2D eigenvalue weighted by molar-refractivity contribution is 0.874. The largest absolute Gasteiger partial charge is 0.320 e. The molecule has 1 aromatic carbocycles.